The smallest absolute Gasteiger partial charge is 0.332 e. The van der Waals surface area contributed by atoms with Crippen LogP contribution in [0.3, 0.4) is 0 Å². The first kappa shape index (κ1) is 14.1. The Morgan fingerprint density at radius 3 is 2.56 bits per heavy atom. The SMILES string of the molecule is Cc1nc(NN)nc(NC(C)(C)CO)c1[N+](=O)[O-]. The molecule has 0 spiro atoms. The number of aliphatic hydroxyl groups is 1. The molecule has 0 unspecified atom stereocenters. The second-order valence-electron chi connectivity index (χ2n) is 4.40. The molecule has 5 N–H and O–H groups in total. The van der Waals surface area contributed by atoms with E-state index in [9.17, 15) is 10.1 Å². The molecule has 0 aromatic carbocycles. The molecule has 1 aromatic rings. The highest BCUT2D eigenvalue weighted by molar-refractivity contribution is 5.61. The summed E-state index contributed by atoms with van der Waals surface area (Å²) >= 11 is 0. The third-order valence-corrected chi connectivity index (χ3v) is 2.22. The van der Waals surface area contributed by atoms with Gasteiger partial charge in [-0.1, -0.05) is 0 Å². The topological polar surface area (TPSA) is 139 Å². The van der Waals surface area contributed by atoms with E-state index in [1.807, 2.05) is 0 Å². The Balaban J connectivity index is 3.30. The molecule has 0 bridgehead atoms. The van der Waals surface area contributed by atoms with Crippen LogP contribution in [-0.2, 0) is 0 Å². The number of anilines is 2. The van der Waals surface area contributed by atoms with E-state index in [0.29, 0.717) is 0 Å². The van der Waals surface area contributed by atoms with Gasteiger partial charge in [0.1, 0.15) is 5.69 Å². The predicted octanol–water partition coefficient (Wildman–Crippen LogP) is 0.162. The van der Waals surface area contributed by atoms with E-state index < -0.39 is 10.5 Å². The van der Waals surface area contributed by atoms with Crippen molar-refractivity contribution < 1.29 is 10.0 Å². The summed E-state index contributed by atoms with van der Waals surface area (Å²) in [5.74, 6) is 5.27. The first-order valence-corrected chi connectivity index (χ1v) is 5.19. The molecule has 0 radical (unpaired) electrons. The highest BCUT2D eigenvalue weighted by Gasteiger charge is 2.26. The molecule has 1 heterocycles. The molecule has 1 rings (SSSR count). The average Bonchev–Trinajstić information content (AvgIpc) is 2.27. The van der Waals surface area contributed by atoms with E-state index in [-0.39, 0.29) is 29.8 Å². The summed E-state index contributed by atoms with van der Waals surface area (Å²) in [7, 11) is 0. The fourth-order valence-electron chi connectivity index (χ4n) is 1.30. The number of nitrogens with one attached hydrogen (secondary N) is 2. The Morgan fingerprint density at radius 2 is 2.11 bits per heavy atom. The monoisotopic (exact) mass is 256 g/mol. The van der Waals surface area contributed by atoms with Crippen molar-refractivity contribution in [2.75, 3.05) is 17.3 Å². The number of nitrogens with zero attached hydrogens (tertiary/aromatic N) is 3. The van der Waals surface area contributed by atoms with Gasteiger partial charge in [-0.3, -0.25) is 15.5 Å². The normalized spacial score (nSPS) is 11.2. The minimum absolute atomic E-state index is 0.0134. The molecule has 18 heavy (non-hydrogen) atoms. The fourth-order valence-corrected chi connectivity index (χ4v) is 1.30. The van der Waals surface area contributed by atoms with Crippen molar-refractivity contribution in [3.8, 4) is 0 Å². The predicted molar refractivity (Wildman–Crippen MR) is 66.0 cm³/mol. The lowest BCUT2D eigenvalue weighted by atomic mass is 10.1. The number of nitro groups is 1. The number of aromatic nitrogens is 2. The molecule has 0 aliphatic rings. The highest BCUT2D eigenvalue weighted by atomic mass is 16.6. The quantitative estimate of drug-likeness (QED) is 0.332. The van der Waals surface area contributed by atoms with Crippen LogP contribution >= 0.6 is 0 Å². The molecule has 0 saturated carbocycles. The van der Waals surface area contributed by atoms with E-state index in [0.717, 1.165) is 0 Å². The number of nitrogens with two attached hydrogens (primary N) is 1. The van der Waals surface area contributed by atoms with Crippen LogP contribution in [0.5, 0.6) is 0 Å². The standard InChI is InChI=1S/C9H16N6O3/c1-5-6(15(17)18)7(12-8(11-5)14-10)13-9(2,3)4-16/h16H,4,10H2,1-3H3,(H2,11,12,13,14). The molecule has 100 valence electrons. The van der Waals surface area contributed by atoms with Crippen LogP contribution in [0.4, 0.5) is 17.5 Å². The third-order valence-electron chi connectivity index (χ3n) is 2.22. The molecule has 9 heteroatoms. The van der Waals surface area contributed by atoms with Gasteiger partial charge >= 0.3 is 5.69 Å². The number of aliphatic hydroxyl groups excluding tert-OH is 1. The third kappa shape index (κ3) is 3.02. The van der Waals surface area contributed by atoms with Gasteiger partial charge in [0.25, 0.3) is 0 Å². The number of hydrogen-bond acceptors (Lipinski definition) is 8. The van der Waals surface area contributed by atoms with E-state index in [4.69, 9.17) is 10.9 Å². The van der Waals surface area contributed by atoms with Crippen LogP contribution in [-0.4, -0.2) is 32.1 Å². The van der Waals surface area contributed by atoms with Gasteiger partial charge in [-0.15, -0.1) is 0 Å². The number of hydrazine groups is 1. The molecule has 0 atom stereocenters. The maximum atomic E-state index is 11.0. The van der Waals surface area contributed by atoms with E-state index in [2.05, 4.69) is 20.7 Å². The molecule has 0 fully saturated rings. The number of hydrogen-bond donors (Lipinski definition) is 4. The van der Waals surface area contributed by atoms with Crippen molar-refractivity contribution in [3.05, 3.63) is 15.8 Å². The molecular formula is C9H16N6O3. The van der Waals surface area contributed by atoms with Crippen LogP contribution in [0.25, 0.3) is 0 Å². The largest absolute Gasteiger partial charge is 0.394 e. The zero-order valence-corrected chi connectivity index (χ0v) is 10.4. The number of nitrogen functional groups attached to an aromatic ring is 1. The maximum absolute atomic E-state index is 11.0. The van der Waals surface area contributed by atoms with Crippen LogP contribution in [0.15, 0.2) is 0 Å². The van der Waals surface area contributed by atoms with Crippen LogP contribution in [0.1, 0.15) is 19.5 Å². The molecule has 0 aliphatic heterocycles. The lowest BCUT2D eigenvalue weighted by molar-refractivity contribution is -0.385. The molecule has 1 aromatic heterocycles. The van der Waals surface area contributed by atoms with Crippen molar-refractivity contribution >= 4 is 17.5 Å². The molecular weight excluding hydrogens is 240 g/mol. The lowest BCUT2D eigenvalue weighted by Gasteiger charge is -2.24. The number of aryl methyl sites for hydroxylation is 1. The van der Waals surface area contributed by atoms with E-state index >= 15 is 0 Å². The Labute approximate surface area is 104 Å². The van der Waals surface area contributed by atoms with Crippen molar-refractivity contribution in [3.63, 3.8) is 0 Å². The summed E-state index contributed by atoms with van der Waals surface area (Å²) in [4.78, 5) is 18.1. The molecule has 0 aliphatic carbocycles. The second kappa shape index (κ2) is 5.10. The van der Waals surface area contributed by atoms with Gasteiger partial charge in [-0.2, -0.15) is 4.98 Å². The Hall–Kier alpha value is -2.00. The zero-order chi connectivity index (χ0) is 13.9. The zero-order valence-electron chi connectivity index (χ0n) is 10.4. The van der Waals surface area contributed by atoms with Gasteiger partial charge in [0.2, 0.25) is 11.8 Å². The second-order valence-corrected chi connectivity index (χ2v) is 4.40. The van der Waals surface area contributed by atoms with Crippen molar-refractivity contribution in [1.29, 1.82) is 0 Å². The fraction of sp³-hybridized carbons (Fsp3) is 0.556. The highest BCUT2D eigenvalue weighted by Crippen LogP contribution is 2.28. The maximum Gasteiger partial charge on any atom is 0.332 e. The first-order valence-electron chi connectivity index (χ1n) is 5.19. The van der Waals surface area contributed by atoms with Gasteiger partial charge in [0.15, 0.2) is 0 Å². The summed E-state index contributed by atoms with van der Waals surface area (Å²) in [6.07, 6.45) is 0. The van der Waals surface area contributed by atoms with E-state index in [1.54, 1.807) is 13.8 Å². The van der Waals surface area contributed by atoms with Crippen LogP contribution in [0, 0.1) is 17.0 Å². The van der Waals surface area contributed by atoms with Crippen molar-refractivity contribution in [1.82, 2.24) is 9.97 Å². The van der Waals surface area contributed by atoms with Gasteiger partial charge in [-0.05, 0) is 20.8 Å². The van der Waals surface area contributed by atoms with Gasteiger partial charge in [0.05, 0.1) is 17.1 Å². The Kier molecular flexibility index (Phi) is 3.99. The lowest BCUT2D eigenvalue weighted by Crippen LogP contribution is -2.36. The van der Waals surface area contributed by atoms with Crippen molar-refractivity contribution in [2.24, 2.45) is 5.84 Å². The summed E-state index contributed by atoms with van der Waals surface area (Å²) in [6, 6.07) is 0. The summed E-state index contributed by atoms with van der Waals surface area (Å²) < 4.78 is 0. The first-order chi connectivity index (χ1) is 8.30. The average molecular weight is 256 g/mol. The Morgan fingerprint density at radius 1 is 1.50 bits per heavy atom. The number of rotatable bonds is 5. The van der Waals surface area contributed by atoms with Gasteiger partial charge in [-0.25, -0.2) is 10.8 Å². The van der Waals surface area contributed by atoms with Crippen molar-refractivity contribution in [2.45, 2.75) is 26.3 Å². The molecule has 0 saturated heterocycles. The van der Waals surface area contributed by atoms with Crippen LogP contribution in [0.2, 0.25) is 0 Å². The minimum Gasteiger partial charge on any atom is -0.394 e. The van der Waals surface area contributed by atoms with Gasteiger partial charge < -0.3 is 10.4 Å². The molecule has 0 amide bonds. The Bertz CT molecular complexity index is 462. The summed E-state index contributed by atoms with van der Waals surface area (Å²) in [5, 5.41) is 22.9. The van der Waals surface area contributed by atoms with Gasteiger partial charge in [0, 0.05) is 0 Å². The summed E-state index contributed by atoms with van der Waals surface area (Å²) in [6.45, 7) is 4.64. The van der Waals surface area contributed by atoms with Crippen LogP contribution < -0.4 is 16.6 Å². The van der Waals surface area contributed by atoms with E-state index in [1.165, 1.54) is 6.92 Å². The minimum atomic E-state index is -0.753. The summed E-state index contributed by atoms with van der Waals surface area (Å²) in [5.41, 5.74) is 1.42. The molecule has 9 nitrogen and oxygen atoms in total.